The lowest BCUT2D eigenvalue weighted by Crippen LogP contribution is -2.11. The van der Waals surface area contributed by atoms with Crippen molar-refractivity contribution >= 4 is 28.5 Å². The van der Waals surface area contributed by atoms with E-state index < -0.39 is 11.9 Å². The molecule has 2 aromatic carbocycles. The first-order valence-electron chi connectivity index (χ1n) is 6.94. The summed E-state index contributed by atoms with van der Waals surface area (Å²) >= 11 is 0. The fourth-order valence-electron chi connectivity index (χ4n) is 2.26. The second-order valence-corrected chi connectivity index (χ2v) is 4.98. The zero-order valence-corrected chi connectivity index (χ0v) is 12.6. The van der Waals surface area contributed by atoms with Gasteiger partial charge in [0.05, 0.1) is 18.4 Å². The van der Waals surface area contributed by atoms with Crippen LogP contribution in [0.5, 0.6) is 11.5 Å². The summed E-state index contributed by atoms with van der Waals surface area (Å²) in [5, 5.41) is 21.9. The van der Waals surface area contributed by atoms with Crippen LogP contribution in [0.25, 0.3) is 11.0 Å². The van der Waals surface area contributed by atoms with Crippen LogP contribution in [-0.2, 0) is 0 Å². The fourth-order valence-corrected chi connectivity index (χ4v) is 2.26. The Labute approximate surface area is 136 Å². The average Bonchev–Trinajstić information content (AvgIpc) is 3.00. The van der Waals surface area contributed by atoms with Crippen molar-refractivity contribution < 1.29 is 29.0 Å². The molecule has 0 unspecified atom stereocenters. The Balaban J connectivity index is 1.89. The van der Waals surface area contributed by atoms with Crippen LogP contribution >= 0.6 is 0 Å². The number of phenols is 1. The molecule has 7 nitrogen and oxygen atoms in total. The summed E-state index contributed by atoms with van der Waals surface area (Å²) in [4.78, 5) is 23.1. The third-order valence-electron chi connectivity index (χ3n) is 3.44. The van der Waals surface area contributed by atoms with Crippen LogP contribution in [0.2, 0.25) is 0 Å². The molecule has 0 aliphatic carbocycles. The number of carbonyl (C=O) groups is 2. The number of hydrogen-bond donors (Lipinski definition) is 3. The number of phenolic OH excluding ortho intramolecular Hbond substituents is 1. The van der Waals surface area contributed by atoms with Gasteiger partial charge in [0.15, 0.2) is 17.1 Å². The second kappa shape index (κ2) is 5.96. The van der Waals surface area contributed by atoms with Crippen molar-refractivity contribution in [3.63, 3.8) is 0 Å². The largest absolute Gasteiger partial charge is 0.506 e. The molecule has 7 heteroatoms. The predicted molar refractivity (Wildman–Crippen MR) is 85.8 cm³/mol. The molecule has 24 heavy (non-hydrogen) atoms. The molecule has 1 aromatic heterocycles. The summed E-state index contributed by atoms with van der Waals surface area (Å²) in [5.41, 5.74) is 0.437. The van der Waals surface area contributed by atoms with Crippen molar-refractivity contribution in [3.05, 3.63) is 53.8 Å². The van der Waals surface area contributed by atoms with E-state index in [1.54, 1.807) is 24.3 Å². The van der Waals surface area contributed by atoms with Crippen LogP contribution in [-0.4, -0.2) is 29.2 Å². The Morgan fingerprint density at radius 2 is 1.96 bits per heavy atom. The van der Waals surface area contributed by atoms with Crippen molar-refractivity contribution in [1.82, 2.24) is 0 Å². The van der Waals surface area contributed by atoms with E-state index in [9.17, 15) is 14.7 Å². The molecular weight excluding hydrogens is 314 g/mol. The van der Waals surface area contributed by atoms with Crippen LogP contribution in [0, 0.1) is 0 Å². The molecule has 3 aromatic rings. The maximum Gasteiger partial charge on any atom is 0.335 e. The zero-order valence-electron chi connectivity index (χ0n) is 12.6. The monoisotopic (exact) mass is 327 g/mol. The molecule has 1 amide bonds. The number of benzene rings is 2. The van der Waals surface area contributed by atoms with E-state index >= 15 is 0 Å². The molecule has 1 heterocycles. The summed E-state index contributed by atoms with van der Waals surface area (Å²) < 4.78 is 10.7. The maximum atomic E-state index is 12.3. The van der Waals surface area contributed by atoms with Gasteiger partial charge >= 0.3 is 5.97 Å². The first kappa shape index (κ1) is 15.4. The molecule has 0 aliphatic rings. The molecular formula is C17H13NO6. The van der Waals surface area contributed by atoms with Gasteiger partial charge in [-0.2, -0.15) is 0 Å². The molecule has 0 fully saturated rings. The van der Waals surface area contributed by atoms with Gasteiger partial charge in [-0.05, 0) is 30.3 Å². The lowest BCUT2D eigenvalue weighted by atomic mass is 10.2. The molecule has 3 N–H and O–H groups in total. The van der Waals surface area contributed by atoms with E-state index in [1.807, 2.05) is 0 Å². The van der Waals surface area contributed by atoms with Gasteiger partial charge in [0.2, 0.25) is 0 Å². The quantitative estimate of drug-likeness (QED) is 0.635. The normalized spacial score (nSPS) is 10.5. The van der Waals surface area contributed by atoms with Crippen LogP contribution in [0.15, 0.2) is 46.9 Å². The zero-order chi connectivity index (χ0) is 17.3. The predicted octanol–water partition coefficient (Wildman–Crippen LogP) is 3.10. The molecule has 3 rings (SSSR count). The number of furan rings is 1. The van der Waals surface area contributed by atoms with Gasteiger partial charge in [-0.15, -0.1) is 0 Å². The highest BCUT2D eigenvalue weighted by Crippen LogP contribution is 2.30. The number of fused-ring (bicyclic) bond motifs is 1. The Morgan fingerprint density at radius 1 is 1.17 bits per heavy atom. The topological polar surface area (TPSA) is 109 Å². The molecule has 0 saturated heterocycles. The number of rotatable bonds is 4. The summed E-state index contributed by atoms with van der Waals surface area (Å²) in [6.45, 7) is 0. The fraction of sp³-hybridized carbons (Fsp3) is 0.0588. The van der Waals surface area contributed by atoms with Crippen molar-refractivity contribution in [2.75, 3.05) is 12.4 Å². The SMILES string of the molecule is COc1cccc2cc(C(=O)Nc3ccc(C(=O)O)cc3O)oc12. The number of para-hydroxylation sites is 1. The number of methoxy groups -OCH3 is 1. The van der Waals surface area contributed by atoms with Crippen molar-refractivity contribution in [1.29, 1.82) is 0 Å². The van der Waals surface area contributed by atoms with E-state index in [-0.39, 0.29) is 22.8 Å². The molecule has 0 spiro atoms. The Kier molecular flexibility index (Phi) is 3.83. The number of carboxylic acid groups (broad SMARTS) is 1. The molecule has 0 atom stereocenters. The van der Waals surface area contributed by atoms with E-state index in [2.05, 4.69) is 5.32 Å². The van der Waals surface area contributed by atoms with Gasteiger partial charge in [0, 0.05) is 5.39 Å². The third-order valence-corrected chi connectivity index (χ3v) is 3.44. The maximum absolute atomic E-state index is 12.3. The van der Waals surface area contributed by atoms with Crippen LogP contribution in [0.4, 0.5) is 5.69 Å². The number of carboxylic acids is 1. The first-order chi connectivity index (χ1) is 11.5. The van der Waals surface area contributed by atoms with Crippen LogP contribution in [0.3, 0.4) is 0 Å². The highest BCUT2D eigenvalue weighted by atomic mass is 16.5. The molecule has 0 aliphatic heterocycles. The number of hydrogen-bond acceptors (Lipinski definition) is 5. The smallest absolute Gasteiger partial charge is 0.335 e. The standard InChI is InChI=1S/C17H13NO6/c1-23-13-4-2-3-9-8-14(24-15(9)13)16(20)18-11-6-5-10(17(21)22)7-12(11)19/h2-8,19H,1H3,(H,18,20)(H,21,22). The Morgan fingerprint density at radius 3 is 2.62 bits per heavy atom. The number of aromatic carboxylic acids is 1. The Hall–Kier alpha value is -3.48. The van der Waals surface area contributed by atoms with Crippen molar-refractivity contribution in [2.24, 2.45) is 0 Å². The van der Waals surface area contributed by atoms with Crippen LogP contribution < -0.4 is 10.1 Å². The minimum atomic E-state index is -1.17. The van der Waals surface area contributed by atoms with Gasteiger partial charge in [-0.25, -0.2) is 4.79 Å². The number of anilines is 1. The number of carbonyl (C=O) groups excluding carboxylic acids is 1. The summed E-state index contributed by atoms with van der Waals surface area (Å²) in [7, 11) is 1.50. The Bertz CT molecular complexity index is 943. The second-order valence-electron chi connectivity index (χ2n) is 4.98. The molecule has 0 radical (unpaired) electrons. The minimum Gasteiger partial charge on any atom is -0.506 e. The third kappa shape index (κ3) is 2.74. The number of aromatic hydroxyl groups is 1. The van der Waals surface area contributed by atoms with Crippen molar-refractivity contribution in [3.8, 4) is 11.5 Å². The van der Waals surface area contributed by atoms with E-state index in [4.69, 9.17) is 14.3 Å². The van der Waals surface area contributed by atoms with Gasteiger partial charge in [0.25, 0.3) is 5.91 Å². The van der Waals surface area contributed by atoms with Crippen LogP contribution in [0.1, 0.15) is 20.9 Å². The molecule has 122 valence electrons. The van der Waals surface area contributed by atoms with Crippen molar-refractivity contribution in [2.45, 2.75) is 0 Å². The van der Waals surface area contributed by atoms with E-state index in [0.717, 1.165) is 6.07 Å². The van der Waals surface area contributed by atoms with Gasteiger partial charge < -0.3 is 24.7 Å². The van der Waals surface area contributed by atoms with E-state index in [0.29, 0.717) is 16.7 Å². The highest BCUT2D eigenvalue weighted by molar-refractivity contribution is 6.06. The molecule has 0 bridgehead atoms. The van der Waals surface area contributed by atoms with Gasteiger partial charge in [-0.3, -0.25) is 4.79 Å². The van der Waals surface area contributed by atoms with Gasteiger partial charge in [-0.1, -0.05) is 12.1 Å². The molecule has 0 saturated carbocycles. The lowest BCUT2D eigenvalue weighted by molar-refractivity contribution is 0.0696. The highest BCUT2D eigenvalue weighted by Gasteiger charge is 2.17. The average molecular weight is 327 g/mol. The summed E-state index contributed by atoms with van der Waals surface area (Å²) in [6.07, 6.45) is 0. The first-order valence-corrected chi connectivity index (χ1v) is 6.94. The van der Waals surface area contributed by atoms with E-state index in [1.165, 1.54) is 19.2 Å². The number of nitrogens with one attached hydrogen (secondary N) is 1. The number of ether oxygens (including phenoxy) is 1. The minimum absolute atomic E-state index is 0.0382. The van der Waals surface area contributed by atoms with Gasteiger partial charge in [0.1, 0.15) is 5.75 Å². The summed E-state index contributed by atoms with van der Waals surface area (Å²) in [6, 6.07) is 10.4. The lowest BCUT2D eigenvalue weighted by Gasteiger charge is -2.06. The summed E-state index contributed by atoms with van der Waals surface area (Å²) in [5.74, 6) is -1.56. The number of amides is 1.